The third-order valence-electron chi connectivity index (χ3n) is 3.94. The van der Waals surface area contributed by atoms with E-state index in [2.05, 4.69) is 10.4 Å². The number of hydrogen-bond acceptors (Lipinski definition) is 4. The van der Waals surface area contributed by atoms with E-state index in [1.54, 1.807) is 30.3 Å². The quantitative estimate of drug-likeness (QED) is 0.677. The third kappa shape index (κ3) is 4.45. The van der Waals surface area contributed by atoms with Crippen LogP contribution in [0.2, 0.25) is 5.02 Å². The highest BCUT2D eigenvalue weighted by molar-refractivity contribution is 7.91. The van der Waals surface area contributed by atoms with Crippen LogP contribution in [0.5, 0.6) is 0 Å². The first-order valence-corrected chi connectivity index (χ1v) is 10.4. The van der Waals surface area contributed by atoms with Crippen LogP contribution in [0.3, 0.4) is 0 Å². The lowest BCUT2D eigenvalue weighted by Crippen LogP contribution is -2.15. The fourth-order valence-electron chi connectivity index (χ4n) is 2.74. The number of amides is 1. The second-order valence-corrected chi connectivity index (χ2v) is 8.47. The molecule has 2 aromatic carbocycles. The van der Waals surface area contributed by atoms with Crippen LogP contribution >= 0.6 is 11.6 Å². The Morgan fingerprint density at radius 2 is 2.04 bits per heavy atom. The second-order valence-electron chi connectivity index (χ2n) is 6.08. The number of nitrogens with one attached hydrogen (secondary N) is 1. The molecule has 0 saturated heterocycles. The zero-order valence-corrected chi connectivity index (χ0v) is 16.0. The van der Waals surface area contributed by atoms with Gasteiger partial charge >= 0.3 is 0 Å². The smallest absolute Gasteiger partial charge is 0.228 e. The van der Waals surface area contributed by atoms with Crippen molar-refractivity contribution in [1.29, 1.82) is 0 Å². The van der Waals surface area contributed by atoms with Gasteiger partial charge in [0.25, 0.3) is 0 Å². The standard InChI is InChI=1S/C18H17ClFN3O3S/c1-27(25,26)17-10-13(9-16-14(17)11-23(22-16)7-6-20)21-18(24)8-12-4-2-3-5-15(12)19/h2-5,9-11H,6-8H2,1H3,(H,21,24). The minimum Gasteiger partial charge on any atom is -0.326 e. The summed E-state index contributed by atoms with van der Waals surface area (Å²) in [5.41, 5.74) is 1.32. The summed E-state index contributed by atoms with van der Waals surface area (Å²) in [5.74, 6) is -0.343. The minimum absolute atomic E-state index is 0.0199. The number of fused-ring (bicyclic) bond motifs is 1. The number of benzene rings is 2. The number of hydrogen-bond donors (Lipinski definition) is 1. The van der Waals surface area contributed by atoms with Gasteiger partial charge in [-0.1, -0.05) is 29.8 Å². The normalized spacial score (nSPS) is 11.7. The Bertz CT molecular complexity index is 1110. The number of halogens is 2. The van der Waals surface area contributed by atoms with Gasteiger partial charge < -0.3 is 5.32 Å². The van der Waals surface area contributed by atoms with Gasteiger partial charge in [0.2, 0.25) is 5.91 Å². The van der Waals surface area contributed by atoms with Gasteiger partial charge in [-0.15, -0.1) is 0 Å². The van der Waals surface area contributed by atoms with Crippen LogP contribution in [0.4, 0.5) is 10.1 Å². The van der Waals surface area contributed by atoms with Crippen molar-refractivity contribution in [3.63, 3.8) is 0 Å². The van der Waals surface area contributed by atoms with Gasteiger partial charge in [-0.2, -0.15) is 5.10 Å². The molecular weight excluding hydrogens is 393 g/mol. The van der Waals surface area contributed by atoms with Gasteiger partial charge in [-0.25, -0.2) is 12.8 Å². The van der Waals surface area contributed by atoms with Crippen LogP contribution in [-0.2, 0) is 27.6 Å². The van der Waals surface area contributed by atoms with E-state index in [0.717, 1.165) is 6.26 Å². The Hall–Kier alpha value is -2.45. The van der Waals surface area contributed by atoms with Crippen molar-refractivity contribution in [1.82, 2.24) is 9.78 Å². The number of rotatable bonds is 6. The molecule has 0 radical (unpaired) electrons. The van der Waals surface area contributed by atoms with Gasteiger partial charge in [0.05, 0.1) is 23.4 Å². The SMILES string of the molecule is CS(=O)(=O)c1cc(NC(=O)Cc2ccccc2Cl)cc2nn(CCF)cc12. The van der Waals surface area contributed by atoms with Gasteiger partial charge in [0, 0.05) is 28.5 Å². The summed E-state index contributed by atoms with van der Waals surface area (Å²) in [4.78, 5) is 12.4. The highest BCUT2D eigenvalue weighted by atomic mass is 35.5. The van der Waals surface area contributed by atoms with Crippen LogP contribution in [0, 0.1) is 0 Å². The molecule has 3 aromatic rings. The van der Waals surface area contributed by atoms with E-state index in [-0.39, 0.29) is 23.8 Å². The lowest BCUT2D eigenvalue weighted by atomic mass is 10.1. The Morgan fingerprint density at radius 3 is 2.70 bits per heavy atom. The molecule has 0 aliphatic heterocycles. The Balaban J connectivity index is 1.94. The molecule has 0 saturated carbocycles. The summed E-state index contributed by atoms with van der Waals surface area (Å²) in [7, 11) is -3.57. The van der Waals surface area contributed by atoms with Crippen LogP contribution < -0.4 is 5.32 Å². The zero-order valence-electron chi connectivity index (χ0n) is 14.4. The molecule has 1 heterocycles. The van der Waals surface area contributed by atoms with Crippen molar-refractivity contribution in [3.8, 4) is 0 Å². The number of aromatic nitrogens is 2. The summed E-state index contributed by atoms with van der Waals surface area (Å²) in [6, 6.07) is 9.91. The predicted molar refractivity (Wildman–Crippen MR) is 103 cm³/mol. The van der Waals surface area contributed by atoms with E-state index in [1.807, 2.05) is 0 Å². The van der Waals surface area contributed by atoms with Crippen LogP contribution in [0.1, 0.15) is 5.56 Å². The van der Waals surface area contributed by atoms with Crippen LogP contribution in [0.25, 0.3) is 10.9 Å². The van der Waals surface area contributed by atoms with Crippen molar-refractivity contribution in [2.75, 3.05) is 18.2 Å². The average molecular weight is 410 g/mol. The predicted octanol–water partition coefficient (Wildman–Crippen LogP) is 3.24. The summed E-state index contributed by atoms with van der Waals surface area (Å²) in [6.45, 7) is -0.601. The molecule has 142 valence electrons. The Kier molecular flexibility index (Phi) is 5.48. The monoisotopic (exact) mass is 409 g/mol. The summed E-state index contributed by atoms with van der Waals surface area (Å²) in [6.07, 6.45) is 2.60. The summed E-state index contributed by atoms with van der Waals surface area (Å²) in [5, 5.41) is 7.72. The molecule has 0 aliphatic rings. The van der Waals surface area contributed by atoms with E-state index >= 15 is 0 Å². The molecule has 27 heavy (non-hydrogen) atoms. The molecule has 0 fully saturated rings. The fraction of sp³-hybridized carbons (Fsp3) is 0.222. The summed E-state index contributed by atoms with van der Waals surface area (Å²) < 4.78 is 38.2. The van der Waals surface area contributed by atoms with Crippen molar-refractivity contribution in [3.05, 3.63) is 53.2 Å². The van der Waals surface area contributed by atoms with Crippen molar-refractivity contribution in [2.24, 2.45) is 0 Å². The van der Waals surface area contributed by atoms with E-state index in [9.17, 15) is 17.6 Å². The maximum Gasteiger partial charge on any atom is 0.228 e. The van der Waals surface area contributed by atoms with Gasteiger partial charge in [0.15, 0.2) is 9.84 Å². The molecular formula is C18H17ClFN3O3S. The van der Waals surface area contributed by atoms with Crippen molar-refractivity contribution >= 4 is 43.9 Å². The first-order chi connectivity index (χ1) is 12.8. The van der Waals surface area contributed by atoms with Crippen molar-refractivity contribution in [2.45, 2.75) is 17.9 Å². The van der Waals surface area contributed by atoms with E-state index in [1.165, 1.54) is 16.9 Å². The summed E-state index contributed by atoms with van der Waals surface area (Å²) >= 11 is 6.06. The molecule has 0 bridgehead atoms. The molecule has 1 aromatic heterocycles. The van der Waals surface area contributed by atoms with E-state index < -0.39 is 16.5 Å². The van der Waals surface area contributed by atoms with Gasteiger partial charge in [-0.05, 0) is 23.8 Å². The van der Waals surface area contributed by atoms with Crippen LogP contribution in [0.15, 0.2) is 47.5 Å². The molecule has 9 heteroatoms. The highest BCUT2D eigenvalue weighted by Gasteiger charge is 2.17. The first-order valence-electron chi connectivity index (χ1n) is 8.08. The molecule has 0 atom stereocenters. The molecule has 6 nitrogen and oxygen atoms in total. The Morgan fingerprint density at radius 1 is 1.30 bits per heavy atom. The van der Waals surface area contributed by atoms with Gasteiger partial charge in [-0.3, -0.25) is 9.48 Å². The van der Waals surface area contributed by atoms with Crippen molar-refractivity contribution < 1.29 is 17.6 Å². The second kappa shape index (κ2) is 7.66. The highest BCUT2D eigenvalue weighted by Crippen LogP contribution is 2.27. The third-order valence-corrected chi connectivity index (χ3v) is 5.45. The maximum absolute atomic E-state index is 12.6. The molecule has 0 unspecified atom stereocenters. The minimum atomic E-state index is -3.57. The largest absolute Gasteiger partial charge is 0.326 e. The first kappa shape index (κ1) is 19.3. The molecule has 1 amide bonds. The average Bonchev–Trinajstić information content (AvgIpc) is 2.98. The number of nitrogens with zero attached hydrogens (tertiary/aromatic N) is 2. The molecule has 0 spiro atoms. The number of sulfone groups is 1. The molecule has 1 N–H and O–H groups in total. The maximum atomic E-state index is 12.6. The lowest BCUT2D eigenvalue weighted by Gasteiger charge is -2.09. The van der Waals surface area contributed by atoms with Crippen LogP contribution in [-0.4, -0.2) is 37.0 Å². The zero-order chi connectivity index (χ0) is 19.6. The number of carbonyl (C=O) groups excluding carboxylic acids is 1. The van der Waals surface area contributed by atoms with Gasteiger partial charge in [0.1, 0.15) is 6.67 Å². The molecule has 0 aliphatic carbocycles. The number of aryl methyl sites for hydroxylation is 1. The number of carbonyl (C=O) groups is 1. The molecule has 3 rings (SSSR count). The Labute approximate surface area is 160 Å². The van der Waals surface area contributed by atoms with E-state index in [0.29, 0.717) is 27.2 Å². The number of alkyl halides is 1. The lowest BCUT2D eigenvalue weighted by molar-refractivity contribution is -0.115. The number of anilines is 1. The fourth-order valence-corrected chi connectivity index (χ4v) is 3.84. The topological polar surface area (TPSA) is 81.1 Å². The van der Waals surface area contributed by atoms with E-state index in [4.69, 9.17) is 11.6 Å².